The van der Waals surface area contributed by atoms with Crippen LogP contribution in [0.25, 0.3) is 0 Å². The molecule has 0 amide bonds. The molecule has 0 aliphatic carbocycles. The van der Waals surface area contributed by atoms with E-state index in [-0.39, 0.29) is 11.7 Å². The van der Waals surface area contributed by atoms with E-state index >= 15 is 0 Å². The lowest BCUT2D eigenvalue weighted by Crippen LogP contribution is -2.25. The fraction of sp³-hybridized carbons (Fsp3) is 0.308. The molecule has 6 nitrogen and oxygen atoms in total. The van der Waals surface area contributed by atoms with Gasteiger partial charge in [0.2, 0.25) is 0 Å². The molecule has 0 aliphatic rings. The van der Waals surface area contributed by atoms with Gasteiger partial charge in [0.05, 0.1) is 6.54 Å². The Kier molecular flexibility index (Phi) is 3.79. The molecule has 2 rings (SSSR count). The quantitative estimate of drug-likeness (QED) is 0.837. The zero-order valence-corrected chi connectivity index (χ0v) is 10.8. The summed E-state index contributed by atoms with van der Waals surface area (Å²) in [4.78, 5) is 26.0. The molecule has 0 aromatic carbocycles. The highest BCUT2D eigenvalue weighted by Crippen LogP contribution is 2.02. The van der Waals surface area contributed by atoms with Crippen molar-refractivity contribution in [2.75, 3.05) is 0 Å². The molecule has 2 aromatic heterocycles. The first kappa shape index (κ1) is 13.1. The van der Waals surface area contributed by atoms with Crippen LogP contribution in [0.4, 0.5) is 0 Å². The fourth-order valence-electron chi connectivity index (χ4n) is 1.69. The summed E-state index contributed by atoms with van der Waals surface area (Å²) in [6.07, 6.45) is 3.07. The van der Waals surface area contributed by atoms with E-state index in [2.05, 4.69) is 10.1 Å². The lowest BCUT2D eigenvalue weighted by atomic mass is 10.2. The Labute approximate surface area is 110 Å². The standard InChI is InChI=1S/C13H15N3O3/c1-9-4-5-11(12(17)15-9)13(18)19-10(2)8-16-7-3-6-14-16/h3-7,10H,8H2,1-2H3,(H,15,17). The minimum Gasteiger partial charge on any atom is -0.457 e. The molecular weight excluding hydrogens is 246 g/mol. The van der Waals surface area contributed by atoms with Crippen molar-refractivity contribution in [1.82, 2.24) is 14.8 Å². The number of pyridine rings is 1. The Morgan fingerprint density at radius 1 is 1.53 bits per heavy atom. The van der Waals surface area contributed by atoms with E-state index in [9.17, 15) is 9.59 Å². The maximum absolute atomic E-state index is 11.8. The van der Waals surface area contributed by atoms with E-state index in [1.165, 1.54) is 6.07 Å². The van der Waals surface area contributed by atoms with Gasteiger partial charge in [0, 0.05) is 18.1 Å². The molecule has 0 fully saturated rings. The lowest BCUT2D eigenvalue weighted by Gasteiger charge is -2.13. The Balaban J connectivity index is 2.02. The summed E-state index contributed by atoms with van der Waals surface area (Å²) in [5, 5.41) is 4.02. The SMILES string of the molecule is Cc1ccc(C(=O)OC(C)Cn2cccn2)c(=O)[nH]1. The highest BCUT2D eigenvalue weighted by atomic mass is 16.5. The van der Waals surface area contributed by atoms with E-state index in [4.69, 9.17) is 4.74 Å². The van der Waals surface area contributed by atoms with Crippen molar-refractivity contribution in [3.63, 3.8) is 0 Å². The van der Waals surface area contributed by atoms with E-state index in [0.29, 0.717) is 12.2 Å². The largest absolute Gasteiger partial charge is 0.457 e. The fourth-order valence-corrected chi connectivity index (χ4v) is 1.69. The molecule has 0 aliphatic heterocycles. The Bertz CT molecular complexity index is 616. The van der Waals surface area contributed by atoms with Crippen molar-refractivity contribution in [1.29, 1.82) is 0 Å². The number of H-pyrrole nitrogens is 1. The van der Waals surface area contributed by atoms with Gasteiger partial charge in [0.25, 0.3) is 5.56 Å². The molecule has 0 radical (unpaired) electrons. The molecule has 1 N–H and O–H groups in total. The van der Waals surface area contributed by atoms with Gasteiger partial charge in [-0.2, -0.15) is 5.10 Å². The van der Waals surface area contributed by atoms with Gasteiger partial charge in [0.1, 0.15) is 11.7 Å². The molecule has 0 saturated heterocycles. The van der Waals surface area contributed by atoms with Crippen LogP contribution in [0.1, 0.15) is 23.0 Å². The van der Waals surface area contributed by atoms with Gasteiger partial charge in [-0.3, -0.25) is 9.48 Å². The van der Waals surface area contributed by atoms with Gasteiger partial charge in [-0.05, 0) is 32.0 Å². The summed E-state index contributed by atoms with van der Waals surface area (Å²) >= 11 is 0. The summed E-state index contributed by atoms with van der Waals surface area (Å²) in [5.74, 6) is -0.624. The van der Waals surface area contributed by atoms with Crippen LogP contribution in [0.3, 0.4) is 0 Å². The van der Waals surface area contributed by atoms with Gasteiger partial charge in [0.15, 0.2) is 0 Å². The van der Waals surface area contributed by atoms with Crippen LogP contribution < -0.4 is 5.56 Å². The first-order chi connectivity index (χ1) is 9.06. The predicted octanol–water partition coefficient (Wildman–Crippen LogP) is 1.13. The molecule has 19 heavy (non-hydrogen) atoms. The third kappa shape index (κ3) is 3.31. The van der Waals surface area contributed by atoms with E-state index in [1.807, 2.05) is 0 Å². The smallest absolute Gasteiger partial charge is 0.344 e. The average molecular weight is 261 g/mol. The maximum Gasteiger partial charge on any atom is 0.344 e. The van der Waals surface area contributed by atoms with Crippen molar-refractivity contribution < 1.29 is 9.53 Å². The van der Waals surface area contributed by atoms with Gasteiger partial charge in [-0.15, -0.1) is 0 Å². The van der Waals surface area contributed by atoms with Gasteiger partial charge in [-0.25, -0.2) is 4.79 Å². The highest BCUT2D eigenvalue weighted by molar-refractivity contribution is 5.89. The first-order valence-electron chi connectivity index (χ1n) is 5.94. The number of hydrogen-bond donors (Lipinski definition) is 1. The zero-order valence-electron chi connectivity index (χ0n) is 10.8. The number of nitrogens with one attached hydrogen (secondary N) is 1. The second-order valence-corrected chi connectivity index (χ2v) is 4.33. The number of carbonyl (C=O) groups excluding carboxylic acids is 1. The molecular formula is C13H15N3O3. The Morgan fingerprint density at radius 3 is 2.95 bits per heavy atom. The minimum absolute atomic E-state index is 0.0120. The highest BCUT2D eigenvalue weighted by Gasteiger charge is 2.15. The summed E-state index contributed by atoms with van der Waals surface area (Å²) in [6, 6.07) is 4.92. The average Bonchev–Trinajstić information content (AvgIpc) is 2.81. The molecule has 2 aromatic rings. The van der Waals surface area contributed by atoms with Crippen LogP contribution in [0.2, 0.25) is 0 Å². The summed E-state index contributed by atoms with van der Waals surface area (Å²) < 4.78 is 6.87. The Hall–Kier alpha value is -2.37. The lowest BCUT2D eigenvalue weighted by molar-refractivity contribution is 0.0296. The number of rotatable bonds is 4. The monoisotopic (exact) mass is 261 g/mol. The number of hydrogen-bond acceptors (Lipinski definition) is 4. The molecule has 0 saturated carbocycles. The number of aromatic amines is 1. The van der Waals surface area contributed by atoms with Crippen molar-refractivity contribution in [2.45, 2.75) is 26.5 Å². The maximum atomic E-state index is 11.8. The second kappa shape index (κ2) is 5.51. The second-order valence-electron chi connectivity index (χ2n) is 4.33. The Morgan fingerprint density at radius 2 is 2.32 bits per heavy atom. The molecule has 1 unspecified atom stereocenters. The molecule has 0 spiro atoms. The van der Waals surface area contributed by atoms with Gasteiger partial charge in [-0.1, -0.05) is 0 Å². The predicted molar refractivity (Wildman–Crippen MR) is 68.9 cm³/mol. The van der Waals surface area contributed by atoms with Gasteiger partial charge < -0.3 is 9.72 Å². The number of ether oxygens (including phenoxy) is 1. The van der Waals surface area contributed by atoms with Crippen LogP contribution in [0, 0.1) is 6.92 Å². The van der Waals surface area contributed by atoms with Crippen LogP contribution in [-0.4, -0.2) is 26.8 Å². The van der Waals surface area contributed by atoms with Crippen molar-refractivity contribution in [2.24, 2.45) is 0 Å². The number of aryl methyl sites for hydroxylation is 1. The van der Waals surface area contributed by atoms with E-state index < -0.39 is 11.5 Å². The normalized spacial score (nSPS) is 12.1. The molecule has 6 heteroatoms. The summed E-state index contributed by atoms with van der Waals surface area (Å²) in [6.45, 7) is 3.95. The van der Waals surface area contributed by atoms with Gasteiger partial charge >= 0.3 is 5.97 Å². The summed E-state index contributed by atoms with van der Waals surface area (Å²) in [5.41, 5.74) is 0.278. The minimum atomic E-state index is -0.624. The number of esters is 1. The van der Waals surface area contributed by atoms with E-state index in [0.717, 1.165) is 0 Å². The molecule has 0 bridgehead atoms. The number of nitrogens with zero attached hydrogens (tertiary/aromatic N) is 2. The van der Waals surface area contributed by atoms with Crippen LogP contribution in [-0.2, 0) is 11.3 Å². The third-order valence-electron chi connectivity index (χ3n) is 2.59. The zero-order chi connectivity index (χ0) is 13.8. The van der Waals surface area contributed by atoms with Crippen molar-refractivity contribution in [3.05, 3.63) is 52.2 Å². The number of carbonyl (C=O) groups is 1. The van der Waals surface area contributed by atoms with Crippen LogP contribution >= 0.6 is 0 Å². The summed E-state index contributed by atoms with van der Waals surface area (Å²) in [7, 11) is 0. The number of aromatic nitrogens is 3. The first-order valence-corrected chi connectivity index (χ1v) is 5.94. The molecule has 1 atom stereocenters. The van der Waals surface area contributed by atoms with Crippen molar-refractivity contribution >= 4 is 5.97 Å². The topological polar surface area (TPSA) is 77.0 Å². The van der Waals surface area contributed by atoms with Crippen LogP contribution in [0.15, 0.2) is 35.4 Å². The third-order valence-corrected chi connectivity index (χ3v) is 2.59. The van der Waals surface area contributed by atoms with Crippen LogP contribution in [0.5, 0.6) is 0 Å². The molecule has 100 valence electrons. The molecule has 2 heterocycles. The van der Waals surface area contributed by atoms with E-state index in [1.54, 1.807) is 43.1 Å². The van der Waals surface area contributed by atoms with Crippen molar-refractivity contribution in [3.8, 4) is 0 Å².